The monoisotopic (exact) mass is 287 g/mol. The molecule has 2 unspecified atom stereocenters. The number of hydrogen-bond acceptors (Lipinski definition) is 5. The standard InChI is InChI=1S/C16H21N3O2/c1-16(2)19(10-5-4-6-11(7-10)20-3)15(18-21-16)14-12-8-17-9-13(12)14/h4-7,12-14,17H,8-9H2,1-3H3. The molecule has 1 saturated carbocycles. The average Bonchev–Trinajstić information content (AvgIpc) is 2.84. The molecule has 0 aromatic heterocycles. The quantitative estimate of drug-likeness (QED) is 0.924. The molecule has 0 amide bonds. The van der Waals surface area contributed by atoms with Gasteiger partial charge in [0.2, 0.25) is 5.72 Å². The predicted octanol–water partition coefficient (Wildman–Crippen LogP) is 2.05. The molecule has 2 atom stereocenters. The molecule has 2 fully saturated rings. The van der Waals surface area contributed by atoms with Gasteiger partial charge in [-0.1, -0.05) is 11.2 Å². The van der Waals surface area contributed by atoms with Gasteiger partial charge in [0.25, 0.3) is 0 Å². The molecule has 112 valence electrons. The number of nitrogens with one attached hydrogen (secondary N) is 1. The number of oxime groups is 1. The highest BCUT2D eigenvalue weighted by Gasteiger charge is 2.59. The fourth-order valence-electron chi connectivity index (χ4n) is 3.72. The number of nitrogens with zero attached hydrogens (tertiary/aromatic N) is 2. The second-order valence-electron chi connectivity index (χ2n) is 6.54. The van der Waals surface area contributed by atoms with Crippen molar-refractivity contribution in [1.82, 2.24) is 5.32 Å². The van der Waals surface area contributed by atoms with Gasteiger partial charge in [0.05, 0.1) is 7.11 Å². The number of methoxy groups -OCH3 is 1. The van der Waals surface area contributed by atoms with Gasteiger partial charge in [-0.25, -0.2) is 0 Å². The van der Waals surface area contributed by atoms with Gasteiger partial charge >= 0.3 is 0 Å². The van der Waals surface area contributed by atoms with Crippen LogP contribution in [0.4, 0.5) is 5.69 Å². The topological polar surface area (TPSA) is 46.1 Å². The van der Waals surface area contributed by atoms with Crippen LogP contribution in [0.25, 0.3) is 0 Å². The third kappa shape index (κ3) is 1.91. The molecular formula is C16H21N3O2. The smallest absolute Gasteiger partial charge is 0.209 e. The van der Waals surface area contributed by atoms with Crippen LogP contribution in [0.3, 0.4) is 0 Å². The van der Waals surface area contributed by atoms with Crippen molar-refractivity contribution in [3.63, 3.8) is 0 Å². The molecule has 1 aliphatic carbocycles. The van der Waals surface area contributed by atoms with E-state index in [0.29, 0.717) is 17.8 Å². The number of anilines is 1. The van der Waals surface area contributed by atoms with Crippen LogP contribution >= 0.6 is 0 Å². The van der Waals surface area contributed by atoms with Gasteiger partial charge in [-0.15, -0.1) is 0 Å². The summed E-state index contributed by atoms with van der Waals surface area (Å²) in [6, 6.07) is 8.10. The van der Waals surface area contributed by atoms with Crippen molar-refractivity contribution in [1.29, 1.82) is 0 Å². The molecule has 2 heterocycles. The van der Waals surface area contributed by atoms with Crippen LogP contribution in [0.15, 0.2) is 29.4 Å². The zero-order valence-electron chi connectivity index (χ0n) is 12.7. The van der Waals surface area contributed by atoms with E-state index in [9.17, 15) is 0 Å². The van der Waals surface area contributed by atoms with Crippen LogP contribution in [-0.2, 0) is 4.84 Å². The number of hydrogen-bond donors (Lipinski definition) is 1. The van der Waals surface area contributed by atoms with Crippen molar-refractivity contribution >= 4 is 11.5 Å². The van der Waals surface area contributed by atoms with Gasteiger partial charge in [0.1, 0.15) is 5.75 Å². The summed E-state index contributed by atoms with van der Waals surface area (Å²) in [5.41, 5.74) is 0.625. The van der Waals surface area contributed by atoms with E-state index in [4.69, 9.17) is 9.57 Å². The minimum absolute atomic E-state index is 0.452. The van der Waals surface area contributed by atoms with Gasteiger partial charge in [0, 0.05) is 17.7 Å². The maximum atomic E-state index is 5.71. The lowest BCUT2D eigenvalue weighted by Gasteiger charge is -2.32. The van der Waals surface area contributed by atoms with E-state index in [-0.39, 0.29) is 0 Å². The molecule has 5 nitrogen and oxygen atoms in total. The minimum Gasteiger partial charge on any atom is -0.497 e. The van der Waals surface area contributed by atoms with Crippen LogP contribution in [0.2, 0.25) is 0 Å². The first-order valence-electron chi connectivity index (χ1n) is 7.53. The fraction of sp³-hybridized carbons (Fsp3) is 0.562. The highest BCUT2D eigenvalue weighted by molar-refractivity contribution is 6.03. The molecule has 2 aliphatic heterocycles. The second-order valence-corrected chi connectivity index (χ2v) is 6.54. The highest BCUT2D eigenvalue weighted by atomic mass is 16.7. The van der Waals surface area contributed by atoms with Gasteiger partial charge in [-0.3, -0.25) is 4.90 Å². The summed E-state index contributed by atoms with van der Waals surface area (Å²) in [5, 5.41) is 7.85. The Morgan fingerprint density at radius 3 is 2.81 bits per heavy atom. The average molecular weight is 287 g/mol. The van der Waals surface area contributed by atoms with Crippen LogP contribution in [0, 0.1) is 17.8 Å². The van der Waals surface area contributed by atoms with Crippen LogP contribution < -0.4 is 15.0 Å². The Morgan fingerprint density at radius 2 is 2.10 bits per heavy atom. The summed E-state index contributed by atoms with van der Waals surface area (Å²) in [4.78, 5) is 7.93. The van der Waals surface area contributed by atoms with Crippen LogP contribution in [0.1, 0.15) is 13.8 Å². The third-order valence-corrected chi connectivity index (χ3v) is 4.83. The van der Waals surface area contributed by atoms with E-state index in [1.807, 2.05) is 18.2 Å². The Labute approximate surface area is 124 Å². The Morgan fingerprint density at radius 1 is 1.33 bits per heavy atom. The largest absolute Gasteiger partial charge is 0.497 e. The summed E-state index contributed by atoms with van der Waals surface area (Å²) in [6.07, 6.45) is 0. The second kappa shape index (κ2) is 4.37. The number of piperidine rings is 1. The van der Waals surface area contributed by atoms with Crippen molar-refractivity contribution in [2.75, 3.05) is 25.1 Å². The first-order valence-corrected chi connectivity index (χ1v) is 7.53. The van der Waals surface area contributed by atoms with Crippen molar-refractivity contribution in [3.8, 4) is 5.75 Å². The number of fused-ring (bicyclic) bond motifs is 1. The van der Waals surface area contributed by atoms with E-state index in [1.54, 1.807) is 7.11 Å². The molecular weight excluding hydrogens is 266 g/mol. The van der Waals surface area contributed by atoms with Crippen molar-refractivity contribution in [2.24, 2.45) is 22.9 Å². The van der Waals surface area contributed by atoms with E-state index in [0.717, 1.165) is 30.4 Å². The highest BCUT2D eigenvalue weighted by Crippen LogP contribution is 2.52. The molecule has 5 heteroatoms. The molecule has 1 saturated heterocycles. The molecule has 0 radical (unpaired) electrons. The number of rotatable bonds is 3. The number of amidine groups is 1. The molecule has 3 aliphatic rings. The lowest BCUT2D eigenvalue weighted by Crippen LogP contribution is -2.45. The lowest BCUT2D eigenvalue weighted by atomic mass is 10.1. The van der Waals surface area contributed by atoms with Crippen molar-refractivity contribution in [2.45, 2.75) is 19.6 Å². The first-order chi connectivity index (χ1) is 10.1. The minimum atomic E-state index is -0.452. The molecule has 0 spiro atoms. The predicted molar refractivity (Wildman–Crippen MR) is 81.4 cm³/mol. The Kier molecular flexibility index (Phi) is 2.70. The van der Waals surface area contributed by atoms with Gasteiger partial charge in [-0.05, 0) is 50.9 Å². The number of ether oxygens (including phenoxy) is 1. The SMILES string of the molecule is COc1cccc(N2C(C3C4CNCC43)=NOC2(C)C)c1. The third-order valence-electron chi connectivity index (χ3n) is 4.83. The number of benzene rings is 1. The molecule has 1 aromatic carbocycles. The Hall–Kier alpha value is -1.75. The molecule has 4 rings (SSSR count). The van der Waals surface area contributed by atoms with E-state index >= 15 is 0 Å². The summed E-state index contributed by atoms with van der Waals surface area (Å²) < 4.78 is 5.35. The summed E-state index contributed by atoms with van der Waals surface area (Å²) in [7, 11) is 1.69. The van der Waals surface area contributed by atoms with E-state index < -0.39 is 5.72 Å². The maximum Gasteiger partial charge on any atom is 0.209 e. The van der Waals surface area contributed by atoms with Crippen LogP contribution in [-0.4, -0.2) is 31.8 Å². The van der Waals surface area contributed by atoms with Crippen molar-refractivity contribution in [3.05, 3.63) is 24.3 Å². The molecule has 1 aromatic rings. The van der Waals surface area contributed by atoms with Gasteiger partial charge in [0.15, 0.2) is 5.84 Å². The van der Waals surface area contributed by atoms with Crippen LogP contribution in [0.5, 0.6) is 5.75 Å². The summed E-state index contributed by atoms with van der Waals surface area (Å²) in [6.45, 7) is 6.31. The zero-order valence-corrected chi connectivity index (χ0v) is 12.7. The molecule has 1 N–H and O–H groups in total. The van der Waals surface area contributed by atoms with Crippen molar-refractivity contribution < 1.29 is 9.57 Å². The Bertz CT molecular complexity index is 589. The van der Waals surface area contributed by atoms with E-state index in [1.165, 1.54) is 0 Å². The lowest BCUT2D eigenvalue weighted by molar-refractivity contribution is 0.0138. The summed E-state index contributed by atoms with van der Waals surface area (Å²) >= 11 is 0. The van der Waals surface area contributed by atoms with E-state index in [2.05, 4.69) is 35.3 Å². The summed E-state index contributed by atoms with van der Waals surface area (Å²) in [5.74, 6) is 3.89. The normalized spacial score (nSPS) is 32.4. The fourth-order valence-corrected chi connectivity index (χ4v) is 3.72. The molecule has 21 heavy (non-hydrogen) atoms. The first kappa shape index (κ1) is 13.0. The Balaban J connectivity index is 1.68. The van der Waals surface area contributed by atoms with Gasteiger partial charge in [-0.2, -0.15) is 0 Å². The maximum absolute atomic E-state index is 5.71. The molecule has 0 bridgehead atoms. The zero-order chi connectivity index (χ0) is 14.6. The van der Waals surface area contributed by atoms with Gasteiger partial charge < -0.3 is 14.9 Å².